The molecule has 0 unspecified atom stereocenters. The molecule has 0 saturated heterocycles. The van der Waals surface area contributed by atoms with Gasteiger partial charge in [-0.05, 0) is 0 Å². The molecule has 0 aliphatic rings. The van der Waals surface area contributed by atoms with Crippen LogP contribution in [0.5, 0.6) is 0 Å². The number of thiazole rings is 1. The maximum absolute atomic E-state index is 10.6. The molecule has 0 aromatic carbocycles. The number of nitrogens with zero attached hydrogens (tertiary/aromatic N) is 1. The van der Waals surface area contributed by atoms with E-state index in [1.54, 1.807) is 17.1 Å². The Morgan fingerprint density at radius 2 is 2.29 bits per heavy atom. The van der Waals surface area contributed by atoms with E-state index in [0.29, 0.717) is 0 Å². The van der Waals surface area contributed by atoms with Gasteiger partial charge in [0.1, 0.15) is 5.01 Å². The van der Waals surface area contributed by atoms with Gasteiger partial charge < -0.3 is 5.11 Å². The van der Waals surface area contributed by atoms with Gasteiger partial charge >= 0.3 is 5.97 Å². The minimum atomic E-state index is -0.951. The van der Waals surface area contributed by atoms with Crippen LogP contribution >= 0.6 is 23.1 Å². The van der Waals surface area contributed by atoms with Gasteiger partial charge in [0.05, 0.1) is 0 Å². The third-order valence-electron chi connectivity index (χ3n) is 1.40. The number of aromatic nitrogens is 1. The lowest BCUT2D eigenvalue weighted by Gasteiger charge is -2.15. The molecule has 3 nitrogen and oxygen atoms in total. The summed E-state index contributed by atoms with van der Waals surface area (Å²) in [7, 11) is 0. The van der Waals surface area contributed by atoms with Crippen molar-refractivity contribution < 1.29 is 9.90 Å². The van der Waals surface area contributed by atoms with E-state index < -0.39 is 5.97 Å². The number of thioether (sulfide) groups is 1. The summed E-state index contributed by atoms with van der Waals surface area (Å²) in [5, 5.41) is 11.1. The van der Waals surface area contributed by atoms with Crippen molar-refractivity contribution in [2.45, 2.75) is 31.3 Å². The normalized spacial score (nSPS) is 11.6. The number of carbonyl (C=O) groups is 1. The first-order valence-corrected chi connectivity index (χ1v) is 6.07. The van der Waals surface area contributed by atoms with E-state index >= 15 is 0 Å². The average Bonchev–Trinajstić information content (AvgIpc) is 2.47. The van der Waals surface area contributed by atoms with Gasteiger partial charge in [-0.3, -0.25) is 0 Å². The summed E-state index contributed by atoms with van der Waals surface area (Å²) in [5.74, 6) is -0.171. The Balaban J connectivity index is 2.56. The number of carboxylic acid groups (broad SMARTS) is 1. The van der Waals surface area contributed by atoms with Crippen molar-refractivity contribution in [1.29, 1.82) is 0 Å². The Hall–Kier alpha value is -0.550. The van der Waals surface area contributed by atoms with Crippen LogP contribution < -0.4 is 0 Å². The predicted octanol–water partition coefficient (Wildman–Crippen LogP) is 2.87. The molecule has 1 rings (SSSR count). The molecule has 0 radical (unpaired) electrons. The van der Waals surface area contributed by atoms with Gasteiger partial charge in [-0.2, -0.15) is 0 Å². The highest BCUT2D eigenvalue weighted by Crippen LogP contribution is 2.28. The Morgan fingerprint density at radius 3 is 2.71 bits per heavy atom. The summed E-state index contributed by atoms with van der Waals surface area (Å²) in [6, 6.07) is 0. The first-order chi connectivity index (χ1) is 6.38. The van der Waals surface area contributed by atoms with Crippen LogP contribution in [-0.4, -0.2) is 20.8 Å². The lowest BCUT2D eigenvalue weighted by molar-refractivity contribution is 0.0691. The molecule has 0 spiro atoms. The fraction of sp³-hybridized carbons (Fsp3) is 0.556. The van der Waals surface area contributed by atoms with E-state index in [4.69, 9.17) is 5.11 Å². The molecule has 14 heavy (non-hydrogen) atoms. The van der Waals surface area contributed by atoms with Crippen molar-refractivity contribution in [3.05, 3.63) is 16.1 Å². The number of hydrogen-bond donors (Lipinski definition) is 1. The van der Waals surface area contributed by atoms with Crippen LogP contribution in [0.15, 0.2) is 5.38 Å². The first-order valence-electron chi connectivity index (χ1n) is 4.20. The standard InChI is InChI=1S/C9H13NO2S2/c1-9(2,3)14-5-7-10-6(4-13-7)8(11)12/h4H,5H2,1-3H3,(H,11,12). The van der Waals surface area contributed by atoms with Crippen LogP contribution in [0.25, 0.3) is 0 Å². The number of rotatable bonds is 3. The lowest BCUT2D eigenvalue weighted by Crippen LogP contribution is -2.07. The van der Waals surface area contributed by atoms with Crippen LogP contribution in [0.3, 0.4) is 0 Å². The van der Waals surface area contributed by atoms with Crippen LogP contribution in [0, 0.1) is 0 Å². The van der Waals surface area contributed by atoms with Crippen LogP contribution in [0.4, 0.5) is 0 Å². The summed E-state index contributed by atoms with van der Waals surface area (Å²) < 4.78 is 0.190. The second-order valence-electron chi connectivity index (χ2n) is 3.83. The van der Waals surface area contributed by atoms with E-state index in [2.05, 4.69) is 25.8 Å². The van der Waals surface area contributed by atoms with Gasteiger partial charge in [0.25, 0.3) is 0 Å². The second-order valence-corrected chi connectivity index (χ2v) is 6.58. The fourth-order valence-corrected chi connectivity index (χ4v) is 2.38. The minimum absolute atomic E-state index is 0.152. The largest absolute Gasteiger partial charge is 0.476 e. The maximum Gasteiger partial charge on any atom is 0.355 e. The summed E-state index contributed by atoms with van der Waals surface area (Å²) >= 11 is 3.17. The van der Waals surface area contributed by atoms with Crippen LogP contribution in [0.1, 0.15) is 36.3 Å². The molecule has 78 valence electrons. The summed E-state index contributed by atoms with van der Waals surface area (Å²) in [4.78, 5) is 14.6. The summed E-state index contributed by atoms with van der Waals surface area (Å²) in [5.41, 5.74) is 0.152. The lowest BCUT2D eigenvalue weighted by atomic mass is 10.3. The van der Waals surface area contributed by atoms with Crippen molar-refractivity contribution in [2.75, 3.05) is 0 Å². The van der Waals surface area contributed by atoms with E-state index in [1.165, 1.54) is 11.3 Å². The SMILES string of the molecule is CC(C)(C)SCc1nc(C(=O)O)cs1. The third kappa shape index (κ3) is 3.67. The molecule has 5 heteroatoms. The molecule has 0 saturated carbocycles. The smallest absolute Gasteiger partial charge is 0.355 e. The maximum atomic E-state index is 10.6. The van der Waals surface area contributed by atoms with Gasteiger partial charge in [0.2, 0.25) is 0 Å². The minimum Gasteiger partial charge on any atom is -0.476 e. The van der Waals surface area contributed by atoms with E-state index in [0.717, 1.165) is 10.8 Å². The predicted molar refractivity (Wildman–Crippen MR) is 60.1 cm³/mol. The van der Waals surface area contributed by atoms with E-state index in [-0.39, 0.29) is 10.4 Å². The molecule has 0 aliphatic carbocycles. The highest BCUT2D eigenvalue weighted by Gasteiger charge is 2.13. The molecule has 1 aromatic rings. The second kappa shape index (κ2) is 4.31. The van der Waals surface area contributed by atoms with Crippen molar-refractivity contribution in [2.24, 2.45) is 0 Å². The topological polar surface area (TPSA) is 50.2 Å². The van der Waals surface area contributed by atoms with Crippen LogP contribution in [0.2, 0.25) is 0 Å². The Morgan fingerprint density at radius 1 is 1.64 bits per heavy atom. The molecular formula is C9H13NO2S2. The average molecular weight is 231 g/mol. The highest BCUT2D eigenvalue weighted by molar-refractivity contribution is 7.99. The monoisotopic (exact) mass is 231 g/mol. The summed E-state index contributed by atoms with van der Waals surface area (Å²) in [6.45, 7) is 6.39. The molecular weight excluding hydrogens is 218 g/mol. The van der Waals surface area contributed by atoms with Crippen molar-refractivity contribution in [3.63, 3.8) is 0 Å². The van der Waals surface area contributed by atoms with E-state index in [9.17, 15) is 4.79 Å². The molecule has 0 fully saturated rings. The highest BCUT2D eigenvalue weighted by atomic mass is 32.2. The van der Waals surface area contributed by atoms with Crippen molar-refractivity contribution >= 4 is 29.1 Å². The zero-order chi connectivity index (χ0) is 10.8. The zero-order valence-corrected chi connectivity index (χ0v) is 10.0. The van der Waals surface area contributed by atoms with E-state index in [1.807, 2.05) is 0 Å². The third-order valence-corrected chi connectivity index (χ3v) is 3.71. The van der Waals surface area contributed by atoms with Gasteiger partial charge in [0.15, 0.2) is 5.69 Å². The number of carboxylic acids is 1. The van der Waals surface area contributed by atoms with Gasteiger partial charge in [-0.15, -0.1) is 23.1 Å². The number of hydrogen-bond acceptors (Lipinski definition) is 4. The molecule has 0 atom stereocenters. The molecule has 0 amide bonds. The Labute approximate surface area is 91.6 Å². The molecule has 0 aliphatic heterocycles. The zero-order valence-electron chi connectivity index (χ0n) is 8.40. The molecule has 0 bridgehead atoms. The Bertz CT molecular complexity index is 328. The van der Waals surface area contributed by atoms with Gasteiger partial charge in [-0.25, -0.2) is 9.78 Å². The van der Waals surface area contributed by atoms with Crippen molar-refractivity contribution in [3.8, 4) is 0 Å². The number of aromatic carboxylic acids is 1. The fourth-order valence-electron chi connectivity index (χ4n) is 0.754. The molecule has 1 N–H and O–H groups in total. The Kier molecular flexibility index (Phi) is 3.55. The summed E-state index contributed by atoms with van der Waals surface area (Å²) in [6.07, 6.45) is 0. The first kappa shape index (κ1) is 11.5. The quantitative estimate of drug-likeness (QED) is 0.869. The van der Waals surface area contributed by atoms with Gasteiger partial charge in [0, 0.05) is 15.9 Å². The van der Waals surface area contributed by atoms with Crippen molar-refractivity contribution in [1.82, 2.24) is 4.98 Å². The van der Waals surface area contributed by atoms with Crippen LogP contribution in [-0.2, 0) is 5.75 Å². The molecule has 1 aromatic heterocycles. The molecule has 1 heterocycles. The van der Waals surface area contributed by atoms with Gasteiger partial charge in [-0.1, -0.05) is 20.8 Å².